The van der Waals surface area contributed by atoms with Crippen molar-refractivity contribution >= 4 is 23.5 Å². The van der Waals surface area contributed by atoms with Crippen molar-refractivity contribution in [3.63, 3.8) is 0 Å². The zero-order valence-electron chi connectivity index (χ0n) is 13.0. The highest BCUT2D eigenvalue weighted by Crippen LogP contribution is 2.17. The van der Waals surface area contributed by atoms with Crippen LogP contribution in [0.4, 0.5) is 10.5 Å². The van der Waals surface area contributed by atoms with Crippen molar-refractivity contribution < 1.29 is 9.53 Å². The van der Waals surface area contributed by atoms with Gasteiger partial charge in [-0.1, -0.05) is 12.1 Å². The van der Waals surface area contributed by atoms with Gasteiger partial charge in [-0.2, -0.15) is 0 Å². The van der Waals surface area contributed by atoms with Gasteiger partial charge in [0.25, 0.3) is 0 Å². The summed E-state index contributed by atoms with van der Waals surface area (Å²) >= 11 is 1.70. The van der Waals surface area contributed by atoms with E-state index >= 15 is 0 Å². The molecule has 2 amide bonds. The Labute approximate surface area is 135 Å². The summed E-state index contributed by atoms with van der Waals surface area (Å²) < 4.78 is 5.09. The first kappa shape index (κ1) is 16.2. The average molecular weight is 316 g/mol. The third-order valence-electron chi connectivity index (χ3n) is 3.27. The molecule has 0 unspecified atom stereocenters. The number of ether oxygens (including phenoxy) is 1. The Kier molecular flexibility index (Phi) is 5.72. The van der Waals surface area contributed by atoms with Crippen molar-refractivity contribution in [1.82, 2.24) is 4.90 Å². The van der Waals surface area contributed by atoms with Crippen LogP contribution in [0.3, 0.4) is 0 Å². The molecule has 0 aliphatic carbocycles. The molecule has 2 aromatic carbocycles. The lowest BCUT2D eigenvalue weighted by atomic mass is 10.2. The first-order valence-corrected chi connectivity index (χ1v) is 8.14. The van der Waals surface area contributed by atoms with Crippen LogP contribution >= 0.6 is 11.8 Å². The van der Waals surface area contributed by atoms with E-state index in [-0.39, 0.29) is 6.03 Å². The van der Waals surface area contributed by atoms with Gasteiger partial charge in [0.1, 0.15) is 5.75 Å². The van der Waals surface area contributed by atoms with Gasteiger partial charge in [-0.15, -0.1) is 11.8 Å². The summed E-state index contributed by atoms with van der Waals surface area (Å²) in [5, 5.41) is 2.86. The Morgan fingerprint density at radius 2 is 1.77 bits per heavy atom. The number of amides is 2. The van der Waals surface area contributed by atoms with E-state index in [4.69, 9.17) is 4.74 Å². The van der Waals surface area contributed by atoms with Gasteiger partial charge in [0.2, 0.25) is 0 Å². The molecule has 0 aliphatic rings. The van der Waals surface area contributed by atoms with Crippen LogP contribution in [-0.2, 0) is 6.54 Å². The van der Waals surface area contributed by atoms with E-state index in [2.05, 4.69) is 17.4 Å². The first-order valence-electron chi connectivity index (χ1n) is 6.91. The number of rotatable bonds is 5. The summed E-state index contributed by atoms with van der Waals surface area (Å²) in [6.07, 6.45) is 2.05. The fraction of sp³-hybridized carbons (Fsp3) is 0.235. The van der Waals surface area contributed by atoms with E-state index in [9.17, 15) is 4.79 Å². The van der Waals surface area contributed by atoms with E-state index in [1.54, 1.807) is 30.8 Å². The van der Waals surface area contributed by atoms with Crippen LogP contribution in [0, 0.1) is 0 Å². The van der Waals surface area contributed by atoms with E-state index in [1.165, 1.54) is 4.90 Å². The predicted octanol–water partition coefficient (Wildman–Crippen LogP) is 4.08. The zero-order valence-corrected chi connectivity index (χ0v) is 13.8. The summed E-state index contributed by atoms with van der Waals surface area (Å²) in [6.45, 7) is 0.566. The van der Waals surface area contributed by atoms with E-state index in [1.807, 2.05) is 42.7 Å². The quantitative estimate of drug-likeness (QED) is 0.845. The summed E-state index contributed by atoms with van der Waals surface area (Å²) in [4.78, 5) is 15.0. The van der Waals surface area contributed by atoms with E-state index in [0.717, 1.165) is 17.0 Å². The van der Waals surface area contributed by atoms with Crippen LogP contribution in [0.2, 0.25) is 0 Å². The molecular formula is C17H20N2O2S. The molecule has 0 aliphatic heterocycles. The fourth-order valence-electron chi connectivity index (χ4n) is 1.97. The number of thioether (sulfide) groups is 1. The molecule has 2 aromatic rings. The first-order chi connectivity index (χ1) is 10.6. The molecule has 4 nitrogen and oxygen atoms in total. The number of hydrogen-bond donors (Lipinski definition) is 1. The average Bonchev–Trinajstić information content (AvgIpc) is 2.56. The SMILES string of the molecule is COc1ccc(NC(=O)N(C)Cc2ccc(SC)cc2)cc1. The second-order valence-electron chi connectivity index (χ2n) is 4.86. The van der Waals surface area contributed by atoms with E-state index < -0.39 is 0 Å². The molecule has 0 fully saturated rings. The summed E-state index contributed by atoms with van der Waals surface area (Å²) in [7, 11) is 3.39. The molecule has 1 N–H and O–H groups in total. The van der Waals surface area contributed by atoms with Gasteiger partial charge >= 0.3 is 6.03 Å². The van der Waals surface area contributed by atoms with Gasteiger partial charge in [0.15, 0.2) is 0 Å². The zero-order chi connectivity index (χ0) is 15.9. The van der Waals surface area contributed by atoms with Gasteiger partial charge in [0, 0.05) is 24.2 Å². The summed E-state index contributed by atoms with van der Waals surface area (Å²) in [5.74, 6) is 0.764. The van der Waals surface area contributed by atoms with Crippen molar-refractivity contribution in [3.05, 3.63) is 54.1 Å². The third-order valence-corrected chi connectivity index (χ3v) is 4.01. The minimum absolute atomic E-state index is 0.140. The maximum atomic E-state index is 12.2. The molecule has 0 aromatic heterocycles. The lowest BCUT2D eigenvalue weighted by Gasteiger charge is -2.18. The number of urea groups is 1. The Morgan fingerprint density at radius 3 is 2.32 bits per heavy atom. The number of nitrogens with zero attached hydrogens (tertiary/aromatic N) is 1. The van der Waals surface area contributed by atoms with Crippen LogP contribution in [0.15, 0.2) is 53.4 Å². The normalized spacial score (nSPS) is 10.1. The van der Waals surface area contributed by atoms with Crippen molar-refractivity contribution in [3.8, 4) is 5.75 Å². The number of carbonyl (C=O) groups excluding carboxylic acids is 1. The van der Waals surface area contributed by atoms with Gasteiger partial charge < -0.3 is 15.0 Å². The van der Waals surface area contributed by atoms with Crippen LogP contribution in [0.1, 0.15) is 5.56 Å². The fourth-order valence-corrected chi connectivity index (χ4v) is 2.38. The number of methoxy groups -OCH3 is 1. The van der Waals surface area contributed by atoms with Gasteiger partial charge in [-0.05, 0) is 48.2 Å². The molecule has 0 saturated carbocycles. The maximum Gasteiger partial charge on any atom is 0.321 e. The molecule has 0 bridgehead atoms. The van der Waals surface area contributed by atoms with Crippen molar-refractivity contribution in [1.29, 1.82) is 0 Å². The molecule has 116 valence electrons. The van der Waals surface area contributed by atoms with Gasteiger partial charge in [-0.3, -0.25) is 0 Å². The number of anilines is 1. The second-order valence-corrected chi connectivity index (χ2v) is 5.74. The van der Waals surface area contributed by atoms with Gasteiger partial charge in [-0.25, -0.2) is 4.79 Å². The highest BCUT2D eigenvalue weighted by molar-refractivity contribution is 7.98. The lowest BCUT2D eigenvalue weighted by molar-refractivity contribution is 0.220. The Morgan fingerprint density at radius 1 is 1.14 bits per heavy atom. The van der Waals surface area contributed by atoms with Crippen LogP contribution in [-0.4, -0.2) is 31.3 Å². The highest BCUT2D eigenvalue weighted by Gasteiger charge is 2.09. The predicted molar refractivity (Wildman–Crippen MR) is 91.7 cm³/mol. The second kappa shape index (κ2) is 7.75. The number of nitrogens with one attached hydrogen (secondary N) is 1. The Balaban J connectivity index is 1.92. The number of benzene rings is 2. The molecule has 0 saturated heterocycles. The Hall–Kier alpha value is -2.14. The Bertz CT molecular complexity index is 612. The summed E-state index contributed by atoms with van der Waals surface area (Å²) in [6, 6.07) is 15.3. The van der Waals surface area contributed by atoms with Gasteiger partial charge in [0.05, 0.1) is 7.11 Å². The smallest absolute Gasteiger partial charge is 0.321 e. The maximum absolute atomic E-state index is 12.2. The molecule has 0 atom stereocenters. The molecule has 0 spiro atoms. The number of hydrogen-bond acceptors (Lipinski definition) is 3. The lowest BCUT2D eigenvalue weighted by Crippen LogP contribution is -2.30. The molecule has 0 radical (unpaired) electrons. The van der Waals surface area contributed by atoms with Crippen LogP contribution in [0.5, 0.6) is 5.75 Å². The molecular weight excluding hydrogens is 296 g/mol. The van der Waals surface area contributed by atoms with Crippen molar-refractivity contribution in [2.45, 2.75) is 11.4 Å². The minimum atomic E-state index is -0.140. The highest BCUT2D eigenvalue weighted by atomic mass is 32.2. The van der Waals surface area contributed by atoms with Crippen LogP contribution in [0.25, 0.3) is 0 Å². The molecule has 2 rings (SSSR count). The molecule has 5 heteroatoms. The number of carbonyl (C=O) groups is 1. The van der Waals surface area contributed by atoms with Crippen LogP contribution < -0.4 is 10.1 Å². The minimum Gasteiger partial charge on any atom is -0.497 e. The monoisotopic (exact) mass is 316 g/mol. The standard InChI is InChI=1S/C17H20N2O2S/c1-19(12-13-4-10-16(22-3)11-5-13)17(20)18-14-6-8-15(21-2)9-7-14/h4-11H,12H2,1-3H3,(H,18,20). The largest absolute Gasteiger partial charge is 0.497 e. The van der Waals surface area contributed by atoms with Crippen molar-refractivity contribution in [2.75, 3.05) is 25.7 Å². The summed E-state index contributed by atoms with van der Waals surface area (Å²) in [5.41, 5.74) is 1.85. The van der Waals surface area contributed by atoms with Crippen molar-refractivity contribution in [2.24, 2.45) is 0 Å². The molecule has 0 heterocycles. The molecule has 22 heavy (non-hydrogen) atoms. The third kappa shape index (κ3) is 4.43. The van der Waals surface area contributed by atoms with E-state index in [0.29, 0.717) is 6.54 Å². The topological polar surface area (TPSA) is 41.6 Å².